The average Bonchev–Trinajstić information content (AvgIpc) is 3.63. The highest BCUT2D eigenvalue weighted by molar-refractivity contribution is 7.25. The number of benzene rings is 6. The number of furan rings is 1. The van der Waals surface area contributed by atoms with Crippen LogP contribution in [-0.4, -0.2) is 4.98 Å². The monoisotopic (exact) mass is 568 g/mol. The fraction of sp³-hybridized carbons (Fsp3) is 0. The minimum atomic E-state index is 0.815. The Kier molecular flexibility index (Phi) is 5.37. The largest absolute Gasteiger partial charge is 0.454 e. The van der Waals surface area contributed by atoms with Gasteiger partial charge in [-0.2, -0.15) is 0 Å². The lowest BCUT2D eigenvalue weighted by Gasteiger charge is -2.25. The standard InChI is InChI=1S/C39H24N2OS/c1-2-8-27(9-3-1)41(29-19-20-31-30-10-5-7-13-37(30)43-38(31)23-29)28-17-14-25(15-18-28)26-16-21-35-33(22-26)39-32-11-4-6-12-34(32)40-24-36(39)42-35/h1-24H. The third kappa shape index (κ3) is 3.92. The van der Waals surface area contributed by atoms with Crippen molar-refractivity contribution in [1.82, 2.24) is 4.98 Å². The predicted molar refractivity (Wildman–Crippen MR) is 182 cm³/mol. The van der Waals surface area contributed by atoms with Crippen LogP contribution in [-0.2, 0) is 0 Å². The van der Waals surface area contributed by atoms with E-state index < -0.39 is 0 Å². The van der Waals surface area contributed by atoms with Gasteiger partial charge in [0, 0.05) is 53.4 Å². The normalized spacial score (nSPS) is 11.7. The first kappa shape index (κ1) is 24.2. The number of nitrogens with zero attached hydrogens (tertiary/aromatic N) is 2. The molecule has 0 saturated heterocycles. The van der Waals surface area contributed by atoms with Gasteiger partial charge >= 0.3 is 0 Å². The van der Waals surface area contributed by atoms with Crippen LogP contribution in [0.4, 0.5) is 17.1 Å². The van der Waals surface area contributed by atoms with Gasteiger partial charge in [-0.3, -0.25) is 4.98 Å². The van der Waals surface area contributed by atoms with E-state index in [-0.39, 0.29) is 0 Å². The first-order valence-corrected chi connectivity index (χ1v) is 15.2. The highest BCUT2D eigenvalue weighted by Crippen LogP contribution is 2.41. The fourth-order valence-electron chi connectivity index (χ4n) is 6.27. The molecule has 3 nitrogen and oxygen atoms in total. The summed E-state index contributed by atoms with van der Waals surface area (Å²) in [5.41, 5.74) is 8.36. The molecule has 0 unspecified atom stereocenters. The van der Waals surface area contributed by atoms with E-state index in [2.05, 4.69) is 137 Å². The van der Waals surface area contributed by atoms with Crippen LogP contribution in [0.1, 0.15) is 0 Å². The van der Waals surface area contributed by atoms with Gasteiger partial charge in [0.15, 0.2) is 5.58 Å². The lowest BCUT2D eigenvalue weighted by Crippen LogP contribution is -2.09. The minimum absolute atomic E-state index is 0.815. The summed E-state index contributed by atoms with van der Waals surface area (Å²) in [5.74, 6) is 0. The molecule has 6 aromatic carbocycles. The first-order valence-electron chi connectivity index (χ1n) is 14.4. The number of aromatic nitrogens is 1. The van der Waals surface area contributed by atoms with Crippen molar-refractivity contribution in [3.8, 4) is 11.1 Å². The molecule has 0 radical (unpaired) electrons. The summed E-state index contributed by atoms with van der Waals surface area (Å²) < 4.78 is 8.79. The van der Waals surface area contributed by atoms with E-state index in [1.54, 1.807) is 0 Å². The Bertz CT molecular complexity index is 2460. The molecule has 0 aliphatic rings. The van der Waals surface area contributed by atoms with Crippen molar-refractivity contribution < 1.29 is 4.42 Å². The van der Waals surface area contributed by atoms with Gasteiger partial charge in [-0.15, -0.1) is 11.3 Å². The molecule has 9 aromatic rings. The third-order valence-corrected chi connectivity index (χ3v) is 9.44. The molecule has 0 atom stereocenters. The molecule has 0 saturated carbocycles. The fourth-order valence-corrected chi connectivity index (χ4v) is 7.41. The summed E-state index contributed by atoms with van der Waals surface area (Å²) in [6, 6.07) is 49.6. The predicted octanol–water partition coefficient (Wildman–Crippen LogP) is 11.6. The summed E-state index contributed by atoms with van der Waals surface area (Å²) in [7, 11) is 0. The van der Waals surface area contributed by atoms with Crippen molar-refractivity contribution in [2.75, 3.05) is 4.90 Å². The zero-order valence-corrected chi connectivity index (χ0v) is 23.9. The number of para-hydroxylation sites is 2. The number of fused-ring (bicyclic) bond motifs is 8. The summed E-state index contributed by atoms with van der Waals surface area (Å²) in [5, 5.41) is 5.96. The van der Waals surface area contributed by atoms with Crippen LogP contribution in [0, 0.1) is 0 Å². The Morgan fingerprint density at radius 2 is 1.19 bits per heavy atom. The summed E-state index contributed by atoms with van der Waals surface area (Å²) in [6.45, 7) is 0. The zero-order valence-electron chi connectivity index (χ0n) is 23.1. The van der Waals surface area contributed by atoms with Gasteiger partial charge in [0.2, 0.25) is 0 Å². The molecule has 0 aliphatic heterocycles. The molecule has 3 heterocycles. The Hall–Kier alpha value is -5.45. The van der Waals surface area contributed by atoms with Crippen molar-refractivity contribution in [2.24, 2.45) is 0 Å². The topological polar surface area (TPSA) is 29.3 Å². The van der Waals surface area contributed by atoms with E-state index in [0.717, 1.165) is 61.0 Å². The van der Waals surface area contributed by atoms with Crippen molar-refractivity contribution >= 4 is 81.4 Å². The molecule has 3 aromatic heterocycles. The van der Waals surface area contributed by atoms with Crippen molar-refractivity contribution in [1.29, 1.82) is 0 Å². The van der Waals surface area contributed by atoms with E-state index in [1.165, 1.54) is 20.2 Å². The number of hydrogen-bond acceptors (Lipinski definition) is 4. The second-order valence-corrected chi connectivity index (χ2v) is 11.9. The maximum atomic E-state index is 6.18. The van der Waals surface area contributed by atoms with E-state index in [0.29, 0.717) is 0 Å². The van der Waals surface area contributed by atoms with Gasteiger partial charge < -0.3 is 9.32 Å². The third-order valence-electron chi connectivity index (χ3n) is 8.30. The van der Waals surface area contributed by atoms with Gasteiger partial charge in [-0.1, -0.05) is 78.9 Å². The Morgan fingerprint density at radius 3 is 2.07 bits per heavy atom. The van der Waals surface area contributed by atoms with Crippen molar-refractivity contribution in [2.45, 2.75) is 0 Å². The highest BCUT2D eigenvalue weighted by atomic mass is 32.1. The summed E-state index contributed by atoms with van der Waals surface area (Å²) in [6.07, 6.45) is 1.83. The van der Waals surface area contributed by atoms with E-state index in [9.17, 15) is 0 Å². The molecular formula is C39H24N2OS. The van der Waals surface area contributed by atoms with E-state index in [1.807, 2.05) is 29.7 Å². The van der Waals surface area contributed by atoms with Gasteiger partial charge in [-0.05, 0) is 71.8 Å². The van der Waals surface area contributed by atoms with Crippen molar-refractivity contribution in [3.63, 3.8) is 0 Å². The van der Waals surface area contributed by atoms with Crippen LogP contribution in [0.25, 0.3) is 64.1 Å². The van der Waals surface area contributed by atoms with Gasteiger partial charge in [0.25, 0.3) is 0 Å². The van der Waals surface area contributed by atoms with Crippen molar-refractivity contribution in [3.05, 3.63) is 146 Å². The first-order chi connectivity index (χ1) is 21.3. The molecular weight excluding hydrogens is 545 g/mol. The Morgan fingerprint density at radius 1 is 0.488 bits per heavy atom. The molecule has 0 N–H and O–H groups in total. The smallest absolute Gasteiger partial charge is 0.154 e. The van der Waals surface area contributed by atoms with Crippen LogP contribution >= 0.6 is 11.3 Å². The van der Waals surface area contributed by atoms with Crippen LogP contribution < -0.4 is 4.90 Å². The molecule has 0 spiro atoms. The lowest BCUT2D eigenvalue weighted by molar-refractivity contribution is 0.667. The second kappa shape index (κ2) is 9.55. The maximum absolute atomic E-state index is 6.18. The van der Waals surface area contributed by atoms with Crippen LogP contribution in [0.2, 0.25) is 0 Å². The number of thiophene rings is 1. The molecule has 202 valence electrons. The Balaban J connectivity index is 1.15. The number of hydrogen-bond donors (Lipinski definition) is 0. The Labute approximate surface area is 251 Å². The number of pyridine rings is 1. The number of rotatable bonds is 4. The molecule has 0 bridgehead atoms. The number of anilines is 3. The second-order valence-electron chi connectivity index (χ2n) is 10.8. The molecule has 9 rings (SSSR count). The molecule has 0 aliphatic carbocycles. The van der Waals surface area contributed by atoms with Gasteiger partial charge in [0.1, 0.15) is 5.58 Å². The van der Waals surface area contributed by atoms with E-state index >= 15 is 0 Å². The SMILES string of the molecule is c1ccc(N(c2ccc(-c3ccc4oc5cnc6ccccc6c5c4c3)cc2)c2ccc3c(c2)sc2ccccc23)cc1. The average molecular weight is 569 g/mol. The summed E-state index contributed by atoms with van der Waals surface area (Å²) in [4.78, 5) is 6.92. The highest BCUT2D eigenvalue weighted by Gasteiger charge is 2.16. The van der Waals surface area contributed by atoms with Crippen LogP contribution in [0.3, 0.4) is 0 Å². The minimum Gasteiger partial charge on any atom is -0.454 e. The quantitative estimate of drug-likeness (QED) is 0.211. The van der Waals surface area contributed by atoms with Crippen LogP contribution in [0.15, 0.2) is 150 Å². The maximum Gasteiger partial charge on any atom is 0.154 e. The van der Waals surface area contributed by atoms with E-state index in [4.69, 9.17) is 4.42 Å². The summed E-state index contributed by atoms with van der Waals surface area (Å²) >= 11 is 1.85. The lowest BCUT2D eigenvalue weighted by atomic mass is 10.0. The van der Waals surface area contributed by atoms with Gasteiger partial charge in [0.05, 0.1) is 11.7 Å². The van der Waals surface area contributed by atoms with Gasteiger partial charge in [-0.25, -0.2) is 0 Å². The zero-order chi connectivity index (χ0) is 28.3. The molecule has 43 heavy (non-hydrogen) atoms. The molecule has 0 fully saturated rings. The van der Waals surface area contributed by atoms with Crippen LogP contribution in [0.5, 0.6) is 0 Å². The molecule has 4 heteroatoms. The molecule has 0 amide bonds.